The van der Waals surface area contributed by atoms with Crippen molar-refractivity contribution in [3.8, 4) is 0 Å². The zero-order chi connectivity index (χ0) is 18.2. The predicted octanol–water partition coefficient (Wildman–Crippen LogP) is 0.840. The van der Waals surface area contributed by atoms with Crippen molar-refractivity contribution in [3.63, 3.8) is 0 Å². The van der Waals surface area contributed by atoms with Gasteiger partial charge in [0, 0.05) is 45.3 Å². The first kappa shape index (κ1) is 19.1. The van der Waals surface area contributed by atoms with Crippen LogP contribution in [0.4, 0.5) is 8.78 Å². The van der Waals surface area contributed by atoms with E-state index in [4.69, 9.17) is 0 Å². The number of aliphatic imine (C=N–C) groups is 1. The van der Waals surface area contributed by atoms with Crippen LogP contribution < -0.4 is 16.0 Å². The van der Waals surface area contributed by atoms with Gasteiger partial charge in [0.1, 0.15) is 11.6 Å². The Morgan fingerprint density at radius 1 is 1.32 bits per heavy atom. The lowest BCUT2D eigenvalue weighted by molar-refractivity contribution is -0.122. The van der Waals surface area contributed by atoms with Crippen LogP contribution in [0.25, 0.3) is 0 Å². The number of rotatable bonds is 5. The van der Waals surface area contributed by atoms with Gasteiger partial charge in [0.2, 0.25) is 5.91 Å². The average molecular weight is 353 g/mol. The second kappa shape index (κ2) is 9.31. The van der Waals surface area contributed by atoms with Crippen LogP contribution in [-0.4, -0.2) is 56.5 Å². The standard InChI is InChI=1S/C17H25F2N5O/c1-20-16(25)11-24-7-5-14(6-8-24)23-17(21-2)22-10-12-9-13(18)3-4-15(12)19/h3-4,9,14H,5-8,10-11H2,1-2H3,(H,20,25)(H2,21,22,23). The lowest BCUT2D eigenvalue weighted by atomic mass is 10.1. The minimum atomic E-state index is -0.468. The molecule has 1 fully saturated rings. The summed E-state index contributed by atoms with van der Waals surface area (Å²) in [5.41, 5.74) is 0.253. The second-order valence-corrected chi connectivity index (χ2v) is 6.03. The van der Waals surface area contributed by atoms with Gasteiger partial charge < -0.3 is 16.0 Å². The van der Waals surface area contributed by atoms with E-state index >= 15 is 0 Å². The Bertz CT molecular complexity index is 615. The molecule has 6 nitrogen and oxygen atoms in total. The van der Waals surface area contributed by atoms with E-state index in [1.807, 2.05) is 0 Å². The molecule has 1 aromatic carbocycles. The molecule has 8 heteroatoms. The number of likely N-dealkylation sites (N-methyl/N-ethyl adjacent to an activating group) is 1. The number of nitrogens with zero attached hydrogens (tertiary/aromatic N) is 2. The topological polar surface area (TPSA) is 68.8 Å². The molecule has 1 aliphatic heterocycles. The normalized spacial score (nSPS) is 16.6. The van der Waals surface area contributed by atoms with E-state index in [1.165, 1.54) is 6.07 Å². The molecule has 0 aliphatic carbocycles. The molecule has 0 bridgehead atoms. The van der Waals surface area contributed by atoms with Gasteiger partial charge in [-0.15, -0.1) is 0 Å². The summed E-state index contributed by atoms with van der Waals surface area (Å²) in [6.07, 6.45) is 1.76. The van der Waals surface area contributed by atoms with Gasteiger partial charge >= 0.3 is 0 Å². The Balaban J connectivity index is 1.79. The van der Waals surface area contributed by atoms with Crippen LogP contribution in [0.3, 0.4) is 0 Å². The van der Waals surface area contributed by atoms with Gasteiger partial charge in [-0.3, -0.25) is 14.7 Å². The summed E-state index contributed by atoms with van der Waals surface area (Å²) in [5.74, 6) is -0.356. The first-order chi connectivity index (χ1) is 12.0. The van der Waals surface area contributed by atoms with Crippen molar-refractivity contribution in [1.29, 1.82) is 0 Å². The summed E-state index contributed by atoms with van der Waals surface area (Å²) in [5, 5.41) is 8.92. The summed E-state index contributed by atoms with van der Waals surface area (Å²) in [6, 6.07) is 3.61. The van der Waals surface area contributed by atoms with Crippen molar-refractivity contribution in [3.05, 3.63) is 35.4 Å². The molecule has 3 N–H and O–H groups in total. The molecule has 2 rings (SSSR count). The van der Waals surface area contributed by atoms with Gasteiger partial charge in [-0.25, -0.2) is 8.78 Å². The average Bonchev–Trinajstić information content (AvgIpc) is 2.62. The molecule has 138 valence electrons. The smallest absolute Gasteiger partial charge is 0.233 e. The summed E-state index contributed by atoms with van der Waals surface area (Å²) < 4.78 is 26.9. The molecule has 0 spiro atoms. The number of likely N-dealkylation sites (tertiary alicyclic amines) is 1. The first-order valence-corrected chi connectivity index (χ1v) is 8.36. The highest BCUT2D eigenvalue weighted by Crippen LogP contribution is 2.11. The van der Waals surface area contributed by atoms with Crippen LogP contribution in [0, 0.1) is 11.6 Å². The molecule has 1 aromatic rings. The van der Waals surface area contributed by atoms with Gasteiger partial charge in [0.05, 0.1) is 6.54 Å². The van der Waals surface area contributed by atoms with E-state index in [0.29, 0.717) is 12.5 Å². The van der Waals surface area contributed by atoms with Crippen molar-refractivity contribution >= 4 is 11.9 Å². The molecule has 1 aliphatic rings. The molecule has 0 atom stereocenters. The first-order valence-electron chi connectivity index (χ1n) is 8.36. The second-order valence-electron chi connectivity index (χ2n) is 6.03. The molecule has 0 radical (unpaired) electrons. The van der Waals surface area contributed by atoms with E-state index in [1.54, 1.807) is 14.1 Å². The summed E-state index contributed by atoms with van der Waals surface area (Å²) in [7, 11) is 3.27. The number of amides is 1. The number of carbonyl (C=O) groups is 1. The minimum Gasteiger partial charge on any atom is -0.358 e. The lowest BCUT2D eigenvalue weighted by Crippen LogP contribution is -2.49. The Hall–Kier alpha value is -2.22. The maximum absolute atomic E-state index is 13.7. The maximum Gasteiger partial charge on any atom is 0.233 e. The highest BCUT2D eigenvalue weighted by molar-refractivity contribution is 5.80. The Morgan fingerprint density at radius 3 is 2.68 bits per heavy atom. The Morgan fingerprint density at radius 2 is 2.04 bits per heavy atom. The maximum atomic E-state index is 13.7. The number of hydrogen-bond acceptors (Lipinski definition) is 3. The van der Waals surface area contributed by atoms with Crippen molar-refractivity contribution in [1.82, 2.24) is 20.9 Å². The van der Waals surface area contributed by atoms with Gasteiger partial charge in [-0.1, -0.05) is 0 Å². The monoisotopic (exact) mass is 353 g/mol. The van der Waals surface area contributed by atoms with E-state index in [0.717, 1.165) is 38.1 Å². The van der Waals surface area contributed by atoms with E-state index < -0.39 is 11.6 Å². The Labute approximate surface area is 146 Å². The van der Waals surface area contributed by atoms with Crippen LogP contribution in [0.1, 0.15) is 18.4 Å². The quantitative estimate of drug-likeness (QED) is 0.542. The van der Waals surface area contributed by atoms with Gasteiger partial charge in [0.25, 0.3) is 0 Å². The van der Waals surface area contributed by atoms with E-state index in [2.05, 4.69) is 25.8 Å². The third-order valence-electron chi connectivity index (χ3n) is 4.25. The third kappa shape index (κ3) is 5.97. The number of hydrogen-bond donors (Lipinski definition) is 3. The van der Waals surface area contributed by atoms with E-state index in [9.17, 15) is 13.6 Å². The summed E-state index contributed by atoms with van der Waals surface area (Å²) in [6.45, 7) is 2.20. The highest BCUT2D eigenvalue weighted by Gasteiger charge is 2.21. The number of piperidine rings is 1. The number of halogens is 2. The summed E-state index contributed by atoms with van der Waals surface area (Å²) in [4.78, 5) is 17.6. The predicted molar refractivity (Wildman–Crippen MR) is 93.2 cm³/mol. The van der Waals surface area contributed by atoms with Crippen molar-refractivity contribution in [2.24, 2.45) is 4.99 Å². The zero-order valence-electron chi connectivity index (χ0n) is 14.6. The molecule has 0 saturated carbocycles. The molecular formula is C17H25F2N5O. The fraction of sp³-hybridized carbons (Fsp3) is 0.529. The van der Waals surface area contributed by atoms with E-state index in [-0.39, 0.29) is 24.1 Å². The molecule has 0 aromatic heterocycles. The SMILES string of the molecule is CN=C(NCc1cc(F)ccc1F)NC1CCN(CC(=O)NC)CC1. The number of carbonyl (C=O) groups excluding carboxylic acids is 1. The lowest BCUT2D eigenvalue weighted by Gasteiger charge is -2.32. The molecular weight excluding hydrogens is 328 g/mol. The number of guanidine groups is 1. The van der Waals surface area contributed by atoms with Crippen LogP contribution >= 0.6 is 0 Å². The van der Waals surface area contributed by atoms with Crippen molar-refractivity contribution in [2.75, 3.05) is 33.7 Å². The molecule has 0 unspecified atom stereocenters. The van der Waals surface area contributed by atoms with Crippen LogP contribution in [-0.2, 0) is 11.3 Å². The highest BCUT2D eigenvalue weighted by atomic mass is 19.1. The van der Waals surface area contributed by atoms with Crippen molar-refractivity contribution in [2.45, 2.75) is 25.4 Å². The summed E-state index contributed by atoms with van der Waals surface area (Å²) >= 11 is 0. The molecule has 25 heavy (non-hydrogen) atoms. The largest absolute Gasteiger partial charge is 0.358 e. The number of nitrogens with one attached hydrogen (secondary N) is 3. The zero-order valence-corrected chi connectivity index (χ0v) is 14.6. The van der Waals surface area contributed by atoms with Crippen LogP contribution in [0.15, 0.2) is 23.2 Å². The molecule has 1 saturated heterocycles. The van der Waals surface area contributed by atoms with Crippen molar-refractivity contribution < 1.29 is 13.6 Å². The number of benzene rings is 1. The van der Waals surface area contributed by atoms with Crippen LogP contribution in [0.5, 0.6) is 0 Å². The fourth-order valence-corrected chi connectivity index (χ4v) is 2.76. The van der Waals surface area contributed by atoms with Gasteiger partial charge in [-0.2, -0.15) is 0 Å². The minimum absolute atomic E-state index is 0.0148. The van der Waals surface area contributed by atoms with Gasteiger partial charge in [0.15, 0.2) is 5.96 Å². The van der Waals surface area contributed by atoms with Gasteiger partial charge in [-0.05, 0) is 31.0 Å². The molecule has 1 amide bonds. The Kier molecular flexibility index (Phi) is 7.12. The third-order valence-corrected chi connectivity index (χ3v) is 4.25. The fourth-order valence-electron chi connectivity index (χ4n) is 2.76. The molecule has 1 heterocycles. The van der Waals surface area contributed by atoms with Crippen LogP contribution in [0.2, 0.25) is 0 Å².